The molecule has 1 aromatic rings. The van der Waals surface area contributed by atoms with E-state index in [0.29, 0.717) is 29.5 Å². The molecule has 0 aliphatic rings. The van der Waals surface area contributed by atoms with Crippen LogP contribution in [-0.4, -0.2) is 23.5 Å². The van der Waals surface area contributed by atoms with Crippen molar-refractivity contribution in [2.75, 3.05) is 6.54 Å². The van der Waals surface area contributed by atoms with Crippen molar-refractivity contribution in [2.24, 2.45) is 5.92 Å². The first-order valence-electron chi connectivity index (χ1n) is 7.20. The molecule has 0 fully saturated rings. The van der Waals surface area contributed by atoms with Crippen LogP contribution >= 0.6 is 11.6 Å². The molecular formula is C16H22ClNO3. The van der Waals surface area contributed by atoms with Gasteiger partial charge in [0.05, 0.1) is 10.6 Å². The fourth-order valence-electron chi connectivity index (χ4n) is 2.19. The maximum Gasteiger partial charge on any atom is 0.303 e. The fourth-order valence-corrected chi connectivity index (χ4v) is 2.40. The summed E-state index contributed by atoms with van der Waals surface area (Å²) in [6, 6.07) is 5.36. The first kappa shape index (κ1) is 17.5. The highest BCUT2D eigenvalue weighted by Gasteiger charge is 2.13. The van der Waals surface area contributed by atoms with Crippen molar-refractivity contribution in [1.82, 2.24) is 5.32 Å². The Morgan fingerprint density at radius 2 is 2.05 bits per heavy atom. The maximum atomic E-state index is 12.1. The SMILES string of the molecule is CCC(CCNC(=O)c1cccc(C)c1Cl)CCC(=O)O. The van der Waals surface area contributed by atoms with Gasteiger partial charge in [-0.3, -0.25) is 9.59 Å². The molecule has 21 heavy (non-hydrogen) atoms. The Hall–Kier alpha value is -1.55. The van der Waals surface area contributed by atoms with Crippen LogP contribution in [0.5, 0.6) is 0 Å². The Balaban J connectivity index is 2.45. The van der Waals surface area contributed by atoms with Crippen molar-refractivity contribution in [2.45, 2.75) is 39.5 Å². The molecule has 0 radical (unpaired) electrons. The first-order valence-corrected chi connectivity index (χ1v) is 7.58. The summed E-state index contributed by atoms with van der Waals surface area (Å²) in [7, 11) is 0. The number of nitrogens with one attached hydrogen (secondary N) is 1. The van der Waals surface area contributed by atoms with Crippen LogP contribution in [0.25, 0.3) is 0 Å². The highest BCUT2D eigenvalue weighted by atomic mass is 35.5. The smallest absolute Gasteiger partial charge is 0.303 e. The van der Waals surface area contributed by atoms with E-state index in [1.165, 1.54) is 0 Å². The van der Waals surface area contributed by atoms with Crippen LogP contribution < -0.4 is 5.32 Å². The molecule has 1 unspecified atom stereocenters. The second-order valence-electron chi connectivity index (χ2n) is 5.19. The summed E-state index contributed by atoms with van der Waals surface area (Å²) in [6.45, 7) is 4.42. The van der Waals surface area contributed by atoms with E-state index in [-0.39, 0.29) is 12.3 Å². The number of carboxylic acids is 1. The number of rotatable bonds is 8. The van der Waals surface area contributed by atoms with Gasteiger partial charge in [-0.1, -0.05) is 37.1 Å². The number of hydrogen-bond donors (Lipinski definition) is 2. The van der Waals surface area contributed by atoms with Gasteiger partial charge < -0.3 is 10.4 Å². The van der Waals surface area contributed by atoms with Gasteiger partial charge in [0.2, 0.25) is 0 Å². The van der Waals surface area contributed by atoms with E-state index in [0.717, 1.165) is 18.4 Å². The summed E-state index contributed by atoms with van der Waals surface area (Å²) >= 11 is 6.12. The van der Waals surface area contributed by atoms with Crippen molar-refractivity contribution in [3.63, 3.8) is 0 Å². The predicted octanol–water partition coefficient (Wildman–Crippen LogP) is 3.66. The second-order valence-corrected chi connectivity index (χ2v) is 5.57. The lowest BCUT2D eigenvalue weighted by molar-refractivity contribution is -0.137. The Bertz CT molecular complexity index is 502. The molecule has 4 nitrogen and oxygen atoms in total. The monoisotopic (exact) mass is 311 g/mol. The minimum absolute atomic E-state index is 0.177. The zero-order valence-corrected chi connectivity index (χ0v) is 13.2. The van der Waals surface area contributed by atoms with Gasteiger partial charge in [-0.2, -0.15) is 0 Å². The molecule has 0 aliphatic heterocycles. The van der Waals surface area contributed by atoms with Gasteiger partial charge in [0, 0.05) is 13.0 Å². The molecule has 1 amide bonds. The van der Waals surface area contributed by atoms with Crippen LogP contribution in [0.2, 0.25) is 5.02 Å². The van der Waals surface area contributed by atoms with Crippen molar-refractivity contribution in [3.8, 4) is 0 Å². The number of benzene rings is 1. The average molecular weight is 312 g/mol. The van der Waals surface area contributed by atoms with Crippen molar-refractivity contribution < 1.29 is 14.7 Å². The number of aliphatic carboxylic acids is 1. The Labute approximate surface area is 130 Å². The van der Waals surface area contributed by atoms with E-state index in [2.05, 4.69) is 5.32 Å². The van der Waals surface area contributed by atoms with E-state index < -0.39 is 5.97 Å². The Morgan fingerprint density at radius 1 is 1.33 bits per heavy atom. The van der Waals surface area contributed by atoms with E-state index in [9.17, 15) is 9.59 Å². The lowest BCUT2D eigenvalue weighted by Gasteiger charge is -2.14. The maximum absolute atomic E-state index is 12.1. The summed E-state index contributed by atoms with van der Waals surface area (Å²) < 4.78 is 0. The largest absolute Gasteiger partial charge is 0.481 e. The molecule has 0 aromatic heterocycles. The van der Waals surface area contributed by atoms with Crippen molar-refractivity contribution in [1.29, 1.82) is 0 Å². The summed E-state index contributed by atoms with van der Waals surface area (Å²) in [6.07, 6.45) is 2.51. The molecule has 116 valence electrons. The van der Waals surface area contributed by atoms with Gasteiger partial charge in [0.15, 0.2) is 0 Å². The van der Waals surface area contributed by atoms with Crippen molar-refractivity contribution in [3.05, 3.63) is 34.3 Å². The molecule has 0 saturated carbocycles. The molecule has 5 heteroatoms. The van der Waals surface area contributed by atoms with E-state index in [4.69, 9.17) is 16.7 Å². The summed E-state index contributed by atoms with van der Waals surface area (Å²) in [4.78, 5) is 22.6. The van der Waals surface area contributed by atoms with E-state index in [1.54, 1.807) is 12.1 Å². The lowest BCUT2D eigenvalue weighted by Crippen LogP contribution is -2.26. The minimum atomic E-state index is -0.774. The topological polar surface area (TPSA) is 66.4 Å². The van der Waals surface area contributed by atoms with Gasteiger partial charge in [-0.25, -0.2) is 0 Å². The number of halogens is 1. The second kappa shape index (κ2) is 8.67. The van der Waals surface area contributed by atoms with Crippen LogP contribution in [-0.2, 0) is 4.79 Å². The summed E-state index contributed by atoms with van der Waals surface area (Å²) in [5.74, 6) is -0.643. The number of carbonyl (C=O) groups excluding carboxylic acids is 1. The molecule has 0 bridgehead atoms. The number of amides is 1. The van der Waals surface area contributed by atoms with Crippen LogP contribution in [0.15, 0.2) is 18.2 Å². The summed E-state index contributed by atoms with van der Waals surface area (Å²) in [5, 5.41) is 12.0. The predicted molar refractivity (Wildman–Crippen MR) is 83.8 cm³/mol. The summed E-state index contributed by atoms with van der Waals surface area (Å²) in [5.41, 5.74) is 1.35. The van der Waals surface area contributed by atoms with E-state index in [1.807, 2.05) is 19.9 Å². The van der Waals surface area contributed by atoms with Gasteiger partial charge in [-0.15, -0.1) is 0 Å². The third-order valence-corrected chi connectivity index (χ3v) is 4.12. The van der Waals surface area contributed by atoms with Crippen LogP contribution in [0.4, 0.5) is 0 Å². The number of carbonyl (C=O) groups is 2. The van der Waals surface area contributed by atoms with Crippen LogP contribution in [0.3, 0.4) is 0 Å². The normalized spacial score (nSPS) is 12.0. The molecular weight excluding hydrogens is 290 g/mol. The standard InChI is InChI=1S/C16H22ClNO3/c1-3-12(7-8-14(19)20)9-10-18-16(21)13-6-4-5-11(2)15(13)17/h4-6,12H,3,7-10H2,1-2H3,(H,18,21)(H,19,20). The minimum Gasteiger partial charge on any atom is -0.481 e. The van der Waals surface area contributed by atoms with E-state index >= 15 is 0 Å². The molecule has 2 N–H and O–H groups in total. The van der Waals surface area contributed by atoms with Gasteiger partial charge >= 0.3 is 5.97 Å². The van der Waals surface area contributed by atoms with Gasteiger partial charge in [0.25, 0.3) is 5.91 Å². The van der Waals surface area contributed by atoms with Crippen LogP contribution in [0, 0.1) is 12.8 Å². The fraction of sp³-hybridized carbons (Fsp3) is 0.500. The average Bonchev–Trinajstić information content (AvgIpc) is 2.45. The highest BCUT2D eigenvalue weighted by Crippen LogP contribution is 2.20. The quantitative estimate of drug-likeness (QED) is 0.770. The third-order valence-electron chi connectivity index (χ3n) is 3.62. The lowest BCUT2D eigenvalue weighted by atomic mass is 9.96. The number of carboxylic acid groups (broad SMARTS) is 1. The molecule has 0 spiro atoms. The molecule has 0 aliphatic carbocycles. The van der Waals surface area contributed by atoms with Crippen LogP contribution in [0.1, 0.15) is 48.5 Å². The Morgan fingerprint density at radius 3 is 2.67 bits per heavy atom. The zero-order valence-electron chi connectivity index (χ0n) is 12.5. The molecule has 0 saturated heterocycles. The number of aryl methyl sites for hydroxylation is 1. The zero-order chi connectivity index (χ0) is 15.8. The third kappa shape index (κ3) is 5.76. The van der Waals surface area contributed by atoms with Gasteiger partial charge in [-0.05, 0) is 37.3 Å². The van der Waals surface area contributed by atoms with Gasteiger partial charge in [0.1, 0.15) is 0 Å². The molecule has 1 rings (SSSR count). The van der Waals surface area contributed by atoms with Crippen molar-refractivity contribution >= 4 is 23.5 Å². The number of hydrogen-bond acceptors (Lipinski definition) is 2. The molecule has 1 aromatic carbocycles. The first-order chi connectivity index (χ1) is 9.95. The highest BCUT2D eigenvalue weighted by molar-refractivity contribution is 6.34. The molecule has 1 atom stereocenters. The Kier molecular flexibility index (Phi) is 7.23. The molecule has 0 heterocycles.